The molecule has 0 unspecified atom stereocenters. The molecule has 0 bridgehead atoms. The molecular weight excluding hydrogens is 486 g/mol. The summed E-state index contributed by atoms with van der Waals surface area (Å²) in [4.78, 5) is 43.8. The molecule has 0 radical (unpaired) electrons. The molecule has 3 aromatic rings. The van der Waals surface area contributed by atoms with Crippen molar-refractivity contribution in [2.75, 3.05) is 38.9 Å². The highest BCUT2D eigenvalue weighted by molar-refractivity contribution is 6.31. The van der Waals surface area contributed by atoms with E-state index in [0.717, 1.165) is 5.56 Å². The number of carbonyl (C=O) groups is 3. The summed E-state index contributed by atoms with van der Waals surface area (Å²) in [6, 6.07) is 13.5. The minimum atomic E-state index is -0.412. The zero-order valence-corrected chi connectivity index (χ0v) is 20.9. The summed E-state index contributed by atoms with van der Waals surface area (Å²) >= 11 is 6.22. The highest BCUT2D eigenvalue weighted by Crippen LogP contribution is 2.29. The van der Waals surface area contributed by atoms with Gasteiger partial charge in [-0.3, -0.25) is 19.3 Å². The first-order valence-electron chi connectivity index (χ1n) is 11.2. The fraction of sp³-hybridized carbons (Fsp3) is 0.269. The Kier molecular flexibility index (Phi) is 7.49. The lowest BCUT2D eigenvalue weighted by molar-refractivity contribution is -0.132. The Bertz CT molecular complexity index is 1250. The lowest BCUT2D eigenvalue weighted by Gasteiger charge is -2.25. The zero-order valence-electron chi connectivity index (χ0n) is 20.2. The molecule has 9 nitrogen and oxygen atoms in total. The van der Waals surface area contributed by atoms with Gasteiger partial charge in [0.1, 0.15) is 37.0 Å². The standard InChI is InChI=1S/C26H26ClN3O6/c1-17-22(27)7-4-8-23(17)30-16-29(15-25(30)32)24(31)14-28(13-19-6-5-9-36-19)26(33)18-10-20(34-2)12-21(11-18)35-3/h4-12H,13-16H2,1-3H3. The highest BCUT2D eigenvalue weighted by atomic mass is 35.5. The van der Waals surface area contributed by atoms with Crippen LogP contribution in [0.2, 0.25) is 5.02 Å². The number of methoxy groups -OCH3 is 2. The molecule has 3 amide bonds. The molecule has 0 saturated carbocycles. The smallest absolute Gasteiger partial charge is 0.255 e. The van der Waals surface area contributed by atoms with Gasteiger partial charge in [-0.1, -0.05) is 17.7 Å². The molecule has 36 heavy (non-hydrogen) atoms. The molecule has 1 saturated heterocycles. The number of rotatable bonds is 8. The second-order valence-electron chi connectivity index (χ2n) is 8.28. The maximum atomic E-state index is 13.5. The van der Waals surface area contributed by atoms with E-state index in [1.165, 1.54) is 35.2 Å². The van der Waals surface area contributed by atoms with Crippen LogP contribution in [0.25, 0.3) is 0 Å². The number of furan rings is 1. The molecule has 1 aliphatic heterocycles. The molecule has 1 fully saturated rings. The molecule has 10 heteroatoms. The van der Waals surface area contributed by atoms with Crippen LogP contribution in [-0.4, -0.2) is 61.5 Å². The maximum absolute atomic E-state index is 13.5. The average molecular weight is 512 g/mol. The Hall–Kier alpha value is -3.98. The van der Waals surface area contributed by atoms with Gasteiger partial charge in [-0.25, -0.2) is 0 Å². The van der Waals surface area contributed by atoms with Crippen LogP contribution in [0.3, 0.4) is 0 Å². The molecular formula is C26H26ClN3O6. The van der Waals surface area contributed by atoms with Crippen molar-refractivity contribution in [1.82, 2.24) is 9.80 Å². The van der Waals surface area contributed by atoms with Crippen LogP contribution in [0.4, 0.5) is 5.69 Å². The van der Waals surface area contributed by atoms with E-state index in [1.54, 1.807) is 48.5 Å². The van der Waals surface area contributed by atoms with Gasteiger partial charge in [0.2, 0.25) is 11.8 Å². The fourth-order valence-corrected chi connectivity index (χ4v) is 4.15. The van der Waals surface area contributed by atoms with Gasteiger partial charge in [0, 0.05) is 22.3 Å². The number of benzene rings is 2. The molecule has 4 rings (SSSR count). The van der Waals surface area contributed by atoms with E-state index in [4.69, 9.17) is 25.5 Å². The van der Waals surface area contributed by atoms with Gasteiger partial charge < -0.3 is 23.7 Å². The average Bonchev–Trinajstić information content (AvgIpc) is 3.54. The first-order chi connectivity index (χ1) is 17.3. The Labute approximate surface area is 213 Å². The molecule has 2 heterocycles. The Morgan fingerprint density at radius 1 is 1.08 bits per heavy atom. The number of carbonyl (C=O) groups excluding carboxylic acids is 3. The lowest BCUT2D eigenvalue weighted by atomic mass is 10.1. The van der Waals surface area contributed by atoms with Crippen LogP contribution in [0.15, 0.2) is 59.2 Å². The van der Waals surface area contributed by atoms with Gasteiger partial charge in [0.05, 0.1) is 27.0 Å². The van der Waals surface area contributed by atoms with Crippen LogP contribution in [0.1, 0.15) is 21.7 Å². The third kappa shape index (κ3) is 5.31. The molecule has 0 spiro atoms. The summed E-state index contributed by atoms with van der Waals surface area (Å²) in [5.41, 5.74) is 1.69. The van der Waals surface area contributed by atoms with Crippen molar-refractivity contribution in [3.8, 4) is 11.5 Å². The van der Waals surface area contributed by atoms with E-state index < -0.39 is 5.91 Å². The molecule has 1 aliphatic rings. The normalized spacial score (nSPS) is 13.2. The Morgan fingerprint density at radius 3 is 2.44 bits per heavy atom. The SMILES string of the molecule is COc1cc(OC)cc(C(=O)N(CC(=O)N2CC(=O)N(c3cccc(Cl)c3C)C2)Cc2ccco2)c1. The predicted molar refractivity (Wildman–Crippen MR) is 133 cm³/mol. The number of nitrogens with zero attached hydrogens (tertiary/aromatic N) is 3. The Morgan fingerprint density at radius 2 is 1.81 bits per heavy atom. The quantitative estimate of drug-likeness (QED) is 0.457. The third-order valence-electron chi connectivity index (χ3n) is 5.96. The van der Waals surface area contributed by atoms with E-state index in [-0.39, 0.29) is 38.1 Å². The van der Waals surface area contributed by atoms with Crippen molar-refractivity contribution < 1.29 is 28.3 Å². The van der Waals surface area contributed by atoms with Crippen molar-refractivity contribution in [3.05, 3.63) is 76.7 Å². The molecule has 0 atom stereocenters. The topological polar surface area (TPSA) is 92.5 Å². The number of anilines is 1. The number of amides is 3. The van der Waals surface area contributed by atoms with Crippen LogP contribution < -0.4 is 14.4 Å². The van der Waals surface area contributed by atoms with Crippen molar-refractivity contribution in [2.45, 2.75) is 13.5 Å². The van der Waals surface area contributed by atoms with Crippen LogP contribution in [0, 0.1) is 6.92 Å². The second kappa shape index (κ2) is 10.7. The monoisotopic (exact) mass is 511 g/mol. The minimum Gasteiger partial charge on any atom is -0.497 e. The molecule has 2 aromatic carbocycles. The van der Waals surface area contributed by atoms with E-state index in [1.807, 2.05) is 6.92 Å². The summed E-state index contributed by atoms with van der Waals surface area (Å²) < 4.78 is 16.0. The first kappa shape index (κ1) is 25.1. The van der Waals surface area contributed by atoms with Gasteiger partial charge in [0.25, 0.3) is 5.91 Å². The second-order valence-corrected chi connectivity index (χ2v) is 8.69. The number of hydrogen-bond acceptors (Lipinski definition) is 6. The van der Waals surface area contributed by atoms with Crippen molar-refractivity contribution in [1.29, 1.82) is 0 Å². The zero-order chi connectivity index (χ0) is 25.8. The van der Waals surface area contributed by atoms with E-state index in [0.29, 0.717) is 33.5 Å². The lowest BCUT2D eigenvalue weighted by Crippen LogP contribution is -2.42. The summed E-state index contributed by atoms with van der Waals surface area (Å²) in [5.74, 6) is 0.388. The largest absolute Gasteiger partial charge is 0.497 e. The summed E-state index contributed by atoms with van der Waals surface area (Å²) in [6.07, 6.45) is 1.50. The fourth-order valence-electron chi connectivity index (χ4n) is 3.98. The first-order valence-corrected chi connectivity index (χ1v) is 11.6. The summed E-state index contributed by atoms with van der Waals surface area (Å²) in [7, 11) is 2.98. The summed E-state index contributed by atoms with van der Waals surface area (Å²) in [6.45, 7) is 1.60. The minimum absolute atomic E-state index is 0.0641. The number of halogens is 1. The summed E-state index contributed by atoms with van der Waals surface area (Å²) in [5, 5.41) is 0.536. The maximum Gasteiger partial charge on any atom is 0.255 e. The van der Waals surface area contributed by atoms with E-state index in [2.05, 4.69) is 0 Å². The third-order valence-corrected chi connectivity index (χ3v) is 6.37. The molecule has 1 aromatic heterocycles. The molecule has 0 N–H and O–H groups in total. The Balaban J connectivity index is 1.56. The van der Waals surface area contributed by atoms with Gasteiger partial charge in [-0.15, -0.1) is 0 Å². The van der Waals surface area contributed by atoms with E-state index in [9.17, 15) is 14.4 Å². The highest BCUT2D eigenvalue weighted by Gasteiger charge is 2.34. The van der Waals surface area contributed by atoms with Gasteiger partial charge >= 0.3 is 0 Å². The van der Waals surface area contributed by atoms with Crippen LogP contribution >= 0.6 is 11.6 Å². The van der Waals surface area contributed by atoms with Crippen molar-refractivity contribution in [3.63, 3.8) is 0 Å². The molecule has 0 aliphatic carbocycles. The molecule has 188 valence electrons. The number of hydrogen-bond donors (Lipinski definition) is 0. The van der Waals surface area contributed by atoms with E-state index >= 15 is 0 Å². The van der Waals surface area contributed by atoms with Gasteiger partial charge in [0.15, 0.2) is 0 Å². The van der Waals surface area contributed by atoms with Crippen LogP contribution in [-0.2, 0) is 16.1 Å². The van der Waals surface area contributed by atoms with Crippen LogP contribution in [0.5, 0.6) is 11.5 Å². The van der Waals surface area contributed by atoms with Crippen molar-refractivity contribution in [2.24, 2.45) is 0 Å². The van der Waals surface area contributed by atoms with Gasteiger partial charge in [-0.05, 0) is 48.9 Å². The predicted octanol–water partition coefficient (Wildman–Crippen LogP) is 3.73. The van der Waals surface area contributed by atoms with Gasteiger partial charge in [-0.2, -0.15) is 0 Å². The number of ether oxygens (including phenoxy) is 2. The van der Waals surface area contributed by atoms with Crippen molar-refractivity contribution >= 4 is 35.0 Å².